The van der Waals surface area contributed by atoms with Crippen molar-refractivity contribution in [1.29, 1.82) is 0 Å². The number of anilines is 2. The van der Waals surface area contributed by atoms with Crippen LogP contribution in [0.3, 0.4) is 0 Å². The average Bonchev–Trinajstić information content (AvgIpc) is 2.54. The maximum atomic E-state index is 12.5. The van der Waals surface area contributed by atoms with Crippen LogP contribution in [0.5, 0.6) is 0 Å². The number of carbonyl (C=O) groups is 1. The number of aryl methyl sites for hydroxylation is 2. The summed E-state index contributed by atoms with van der Waals surface area (Å²) in [6.45, 7) is 3.86. The Bertz CT molecular complexity index is 894. The van der Waals surface area contributed by atoms with Crippen LogP contribution in [0.15, 0.2) is 47.4 Å². The van der Waals surface area contributed by atoms with E-state index in [2.05, 4.69) is 15.4 Å². The van der Waals surface area contributed by atoms with Gasteiger partial charge in [0.15, 0.2) is 6.17 Å². The third-order valence-corrected chi connectivity index (χ3v) is 5.40. The summed E-state index contributed by atoms with van der Waals surface area (Å²) in [5, 5.41) is 5.73. The monoisotopic (exact) mass is 345 g/mol. The molecule has 126 valence electrons. The molecule has 1 aliphatic heterocycles. The average molecular weight is 345 g/mol. The van der Waals surface area contributed by atoms with Crippen LogP contribution in [0, 0.1) is 6.92 Å². The number of benzene rings is 2. The van der Waals surface area contributed by atoms with E-state index in [1.165, 1.54) is 6.07 Å². The minimum atomic E-state index is -3.73. The van der Waals surface area contributed by atoms with Crippen LogP contribution in [0.1, 0.15) is 18.1 Å². The van der Waals surface area contributed by atoms with Gasteiger partial charge in [-0.2, -0.15) is 4.72 Å². The molecule has 0 spiro atoms. The van der Waals surface area contributed by atoms with Gasteiger partial charge in [0.05, 0.1) is 5.69 Å². The zero-order valence-electron chi connectivity index (χ0n) is 13.5. The highest BCUT2D eigenvalue weighted by Crippen LogP contribution is 2.27. The highest BCUT2D eigenvalue weighted by atomic mass is 32.2. The predicted octanol–water partition coefficient (Wildman–Crippen LogP) is 2.23. The van der Waals surface area contributed by atoms with Crippen LogP contribution in [0.2, 0.25) is 0 Å². The third kappa shape index (κ3) is 3.13. The van der Waals surface area contributed by atoms with Crippen LogP contribution >= 0.6 is 0 Å². The Hall–Kier alpha value is -2.38. The molecule has 3 N–H and O–H groups in total. The maximum Gasteiger partial charge on any atom is 0.262 e. The quantitative estimate of drug-likeness (QED) is 0.796. The Morgan fingerprint density at radius 3 is 2.71 bits per heavy atom. The Balaban J connectivity index is 1.87. The minimum absolute atomic E-state index is 0.145. The van der Waals surface area contributed by atoms with E-state index < -0.39 is 22.1 Å². The topological polar surface area (TPSA) is 87.3 Å². The molecular formula is C17H19N3O3S. The second kappa shape index (κ2) is 6.26. The molecule has 0 saturated carbocycles. The van der Waals surface area contributed by atoms with Gasteiger partial charge in [0.1, 0.15) is 4.90 Å². The van der Waals surface area contributed by atoms with E-state index in [9.17, 15) is 13.2 Å². The van der Waals surface area contributed by atoms with Crippen molar-refractivity contribution < 1.29 is 13.2 Å². The van der Waals surface area contributed by atoms with Crippen LogP contribution in [0.25, 0.3) is 0 Å². The van der Waals surface area contributed by atoms with Crippen LogP contribution in [-0.2, 0) is 21.2 Å². The first-order valence-corrected chi connectivity index (χ1v) is 9.17. The number of carbonyl (C=O) groups excluding carboxylic acids is 1. The molecule has 0 unspecified atom stereocenters. The lowest BCUT2D eigenvalue weighted by Crippen LogP contribution is -2.51. The van der Waals surface area contributed by atoms with E-state index >= 15 is 0 Å². The Labute approximate surface area is 141 Å². The molecule has 2 aromatic carbocycles. The lowest BCUT2D eigenvalue weighted by Gasteiger charge is -2.27. The molecule has 7 heteroatoms. The molecule has 1 heterocycles. The second-order valence-electron chi connectivity index (χ2n) is 5.70. The Morgan fingerprint density at radius 2 is 1.96 bits per heavy atom. The fraction of sp³-hybridized carbons (Fsp3) is 0.235. The summed E-state index contributed by atoms with van der Waals surface area (Å²) in [4.78, 5) is 12.7. The van der Waals surface area contributed by atoms with Gasteiger partial charge in [-0.1, -0.05) is 31.2 Å². The third-order valence-electron chi connectivity index (χ3n) is 3.92. The maximum absolute atomic E-state index is 12.5. The number of amides is 1. The van der Waals surface area contributed by atoms with Crippen molar-refractivity contribution in [3.05, 3.63) is 53.6 Å². The summed E-state index contributed by atoms with van der Waals surface area (Å²) in [6.07, 6.45) is -0.295. The van der Waals surface area contributed by atoms with Gasteiger partial charge in [-0.3, -0.25) is 4.79 Å². The fourth-order valence-corrected chi connectivity index (χ4v) is 3.93. The summed E-state index contributed by atoms with van der Waals surface area (Å²) in [5.74, 6) is -0.452. The smallest absolute Gasteiger partial charge is 0.262 e. The molecule has 1 atom stereocenters. The molecule has 0 aromatic heterocycles. The van der Waals surface area contributed by atoms with Gasteiger partial charge in [-0.25, -0.2) is 8.42 Å². The molecular weight excluding hydrogens is 326 g/mol. The van der Waals surface area contributed by atoms with Gasteiger partial charge in [0.2, 0.25) is 10.0 Å². The van der Waals surface area contributed by atoms with E-state index in [1.807, 2.05) is 32.0 Å². The highest BCUT2D eigenvalue weighted by Gasteiger charge is 2.33. The molecule has 6 nitrogen and oxygen atoms in total. The predicted molar refractivity (Wildman–Crippen MR) is 93.4 cm³/mol. The highest BCUT2D eigenvalue weighted by molar-refractivity contribution is 7.89. The Morgan fingerprint density at radius 1 is 1.21 bits per heavy atom. The number of rotatable bonds is 3. The number of fused-ring (bicyclic) bond motifs is 1. The minimum Gasteiger partial charge on any atom is -0.360 e. The molecule has 0 fully saturated rings. The van der Waals surface area contributed by atoms with Gasteiger partial charge < -0.3 is 10.6 Å². The summed E-state index contributed by atoms with van der Waals surface area (Å²) >= 11 is 0. The Kier molecular flexibility index (Phi) is 4.29. The number of hydrogen-bond acceptors (Lipinski definition) is 4. The van der Waals surface area contributed by atoms with Crippen LogP contribution in [0.4, 0.5) is 11.4 Å². The van der Waals surface area contributed by atoms with Crippen molar-refractivity contribution in [3.8, 4) is 0 Å². The summed E-state index contributed by atoms with van der Waals surface area (Å²) in [6, 6.07) is 12.4. The van der Waals surface area contributed by atoms with Crippen LogP contribution < -0.4 is 15.4 Å². The molecule has 0 bridgehead atoms. The molecule has 0 saturated heterocycles. The van der Waals surface area contributed by atoms with Crippen molar-refractivity contribution in [2.24, 2.45) is 0 Å². The van der Waals surface area contributed by atoms with Crippen molar-refractivity contribution in [3.63, 3.8) is 0 Å². The summed E-state index contributed by atoms with van der Waals surface area (Å²) < 4.78 is 27.1. The first-order chi connectivity index (χ1) is 11.4. The van der Waals surface area contributed by atoms with Gasteiger partial charge in [-0.05, 0) is 42.7 Å². The second-order valence-corrected chi connectivity index (χ2v) is 7.38. The van der Waals surface area contributed by atoms with Crippen molar-refractivity contribution >= 4 is 27.3 Å². The van der Waals surface area contributed by atoms with E-state index in [4.69, 9.17) is 0 Å². The van der Waals surface area contributed by atoms with E-state index in [1.54, 1.807) is 18.2 Å². The number of sulfonamides is 1. The number of hydrogen-bond donors (Lipinski definition) is 3. The standard InChI is InChI=1S/C17H19N3O3S/c1-3-12-6-4-5-7-13(12)19-17(21)16-18-14-10-11(2)8-9-15(14)24(22,23)20-16/h4-10,16,18,20H,3H2,1-2H3,(H,19,21)/t16-/m1/s1. The van der Waals surface area contributed by atoms with Crippen LogP contribution in [-0.4, -0.2) is 20.5 Å². The summed E-state index contributed by atoms with van der Waals surface area (Å²) in [7, 11) is -3.73. The van der Waals surface area contributed by atoms with E-state index in [0.29, 0.717) is 11.4 Å². The first-order valence-electron chi connectivity index (χ1n) is 7.69. The lowest BCUT2D eigenvalue weighted by molar-refractivity contribution is -0.117. The van der Waals surface area contributed by atoms with Gasteiger partial charge in [-0.15, -0.1) is 0 Å². The van der Waals surface area contributed by atoms with Gasteiger partial charge in [0, 0.05) is 5.69 Å². The van der Waals surface area contributed by atoms with E-state index in [0.717, 1.165) is 17.5 Å². The van der Waals surface area contributed by atoms with Crippen molar-refractivity contribution in [2.75, 3.05) is 10.6 Å². The van der Waals surface area contributed by atoms with Gasteiger partial charge in [0.25, 0.3) is 5.91 Å². The SMILES string of the molecule is CCc1ccccc1NC(=O)[C@@H]1Nc2cc(C)ccc2S(=O)(=O)N1. The molecule has 24 heavy (non-hydrogen) atoms. The largest absolute Gasteiger partial charge is 0.360 e. The lowest BCUT2D eigenvalue weighted by atomic mass is 10.1. The van der Waals surface area contributed by atoms with E-state index in [-0.39, 0.29) is 4.90 Å². The molecule has 0 aliphatic carbocycles. The molecule has 2 aromatic rings. The van der Waals surface area contributed by atoms with Crippen molar-refractivity contribution in [1.82, 2.24) is 4.72 Å². The van der Waals surface area contributed by atoms with Crippen molar-refractivity contribution in [2.45, 2.75) is 31.3 Å². The normalized spacial score (nSPS) is 18.3. The zero-order chi connectivity index (χ0) is 17.3. The first kappa shape index (κ1) is 16.5. The number of para-hydroxylation sites is 1. The fourth-order valence-electron chi connectivity index (χ4n) is 2.67. The molecule has 1 amide bonds. The summed E-state index contributed by atoms with van der Waals surface area (Å²) in [5.41, 5.74) is 3.01. The zero-order valence-corrected chi connectivity index (χ0v) is 14.3. The number of nitrogens with one attached hydrogen (secondary N) is 3. The molecule has 3 rings (SSSR count). The van der Waals surface area contributed by atoms with Gasteiger partial charge >= 0.3 is 0 Å². The molecule has 1 aliphatic rings. The molecule has 0 radical (unpaired) electrons.